The van der Waals surface area contributed by atoms with Crippen LogP contribution in [0.1, 0.15) is 37.7 Å². The van der Waals surface area contributed by atoms with E-state index in [4.69, 9.17) is 0 Å². The summed E-state index contributed by atoms with van der Waals surface area (Å²) >= 11 is 0. The number of hydrogen-bond donors (Lipinski definition) is 2. The number of nitrogens with one attached hydrogen (secondary N) is 1. The highest BCUT2D eigenvalue weighted by atomic mass is 16.3. The Kier molecular flexibility index (Phi) is 4.37. The minimum Gasteiger partial charge on any atom is -0.391 e. The van der Waals surface area contributed by atoms with Crippen LogP contribution in [0.15, 0.2) is 30.3 Å². The molecule has 98 valence electrons. The highest BCUT2D eigenvalue weighted by Gasteiger charge is 2.43. The van der Waals surface area contributed by atoms with Crippen molar-refractivity contribution in [3.8, 4) is 0 Å². The van der Waals surface area contributed by atoms with E-state index in [1.54, 1.807) is 0 Å². The van der Waals surface area contributed by atoms with Gasteiger partial charge in [-0.1, -0.05) is 43.7 Å². The molecule has 2 N–H and O–H groups in total. The number of amides is 1. The molecule has 1 aromatic rings. The van der Waals surface area contributed by atoms with Gasteiger partial charge in [0.1, 0.15) is 0 Å². The van der Waals surface area contributed by atoms with Crippen LogP contribution in [0.5, 0.6) is 0 Å². The molecule has 0 aliphatic heterocycles. The van der Waals surface area contributed by atoms with Gasteiger partial charge in [0.25, 0.3) is 0 Å². The van der Waals surface area contributed by atoms with Gasteiger partial charge in [-0.15, -0.1) is 0 Å². The van der Waals surface area contributed by atoms with Crippen molar-refractivity contribution in [2.24, 2.45) is 5.92 Å². The Labute approximate surface area is 108 Å². The second-order valence-corrected chi connectivity index (χ2v) is 5.05. The molecule has 0 saturated heterocycles. The second-order valence-electron chi connectivity index (χ2n) is 5.05. The zero-order valence-electron chi connectivity index (χ0n) is 10.8. The van der Waals surface area contributed by atoms with Crippen LogP contribution in [0.25, 0.3) is 0 Å². The topological polar surface area (TPSA) is 49.3 Å². The lowest BCUT2D eigenvalue weighted by molar-refractivity contribution is -0.122. The molecule has 0 spiro atoms. The number of carbonyl (C=O) groups is 1. The van der Waals surface area contributed by atoms with Crippen molar-refractivity contribution in [1.82, 2.24) is 5.32 Å². The van der Waals surface area contributed by atoms with E-state index in [0.29, 0.717) is 12.5 Å². The summed E-state index contributed by atoms with van der Waals surface area (Å²) in [6, 6.07) is 10.1. The van der Waals surface area contributed by atoms with Crippen LogP contribution in [-0.4, -0.2) is 23.7 Å². The molecular formula is C15H21NO2. The summed E-state index contributed by atoms with van der Waals surface area (Å²) in [6.07, 6.45) is 2.20. The third-order valence-electron chi connectivity index (χ3n) is 3.49. The maximum Gasteiger partial charge on any atom is 0.223 e. The number of carbonyl (C=O) groups excluding carboxylic acids is 1. The van der Waals surface area contributed by atoms with E-state index >= 15 is 0 Å². The molecule has 1 amide bonds. The fraction of sp³-hybridized carbons (Fsp3) is 0.533. The third-order valence-corrected chi connectivity index (χ3v) is 3.49. The summed E-state index contributed by atoms with van der Waals surface area (Å²) in [5.41, 5.74) is 1.24. The Morgan fingerprint density at radius 1 is 1.44 bits per heavy atom. The number of hydrogen-bond acceptors (Lipinski definition) is 2. The molecule has 3 heteroatoms. The smallest absolute Gasteiger partial charge is 0.223 e. The molecule has 1 saturated carbocycles. The van der Waals surface area contributed by atoms with Crippen LogP contribution in [-0.2, 0) is 4.79 Å². The van der Waals surface area contributed by atoms with Gasteiger partial charge in [-0.05, 0) is 24.3 Å². The molecule has 3 nitrogen and oxygen atoms in total. The van der Waals surface area contributed by atoms with Gasteiger partial charge < -0.3 is 10.4 Å². The van der Waals surface area contributed by atoms with Gasteiger partial charge >= 0.3 is 0 Å². The molecule has 1 fully saturated rings. The van der Waals surface area contributed by atoms with Gasteiger partial charge in [-0.3, -0.25) is 4.79 Å². The maximum atomic E-state index is 11.9. The van der Waals surface area contributed by atoms with Gasteiger partial charge in [-0.2, -0.15) is 0 Å². The lowest BCUT2D eigenvalue weighted by Gasteiger charge is -2.10. The molecule has 1 aliphatic carbocycles. The monoisotopic (exact) mass is 247 g/mol. The largest absolute Gasteiger partial charge is 0.391 e. The molecule has 3 unspecified atom stereocenters. The molecule has 18 heavy (non-hydrogen) atoms. The number of aliphatic hydroxyl groups excluding tert-OH is 1. The van der Waals surface area contributed by atoms with E-state index in [2.05, 4.69) is 17.4 Å². The number of aliphatic hydroxyl groups is 1. The first-order valence-corrected chi connectivity index (χ1v) is 6.73. The van der Waals surface area contributed by atoms with Gasteiger partial charge in [-0.25, -0.2) is 0 Å². The molecular weight excluding hydrogens is 226 g/mol. The molecule has 0 bridgehead atoms. The molecule has 0 aromatic heterocycles. The fourth-order valence-corrected chi connectivity index (χ4v) is 2.34. The van der Waals surface area contributed by atoms with Crippen LogP contribution < -0.4 is 5.32 Å². The SMILES string of the molecule is CCCC(O)CNC(=O)C1CC1c1ccccc1. The van der Waals surface area contributed by atoms with E-state index in [-0.39, 0.29) is 11.8 Å². The number of rotatable bonds is 6. The zero-order chi connectivity index (χ0) is 13.0. The van der Waals surface area contributed by atoms with Crippen molar-refractivity contribution in [1.29, 1.82) is 0 Å². The Morgan fingerprint density at radius 2 is 2.17 bits per heavy atom. The summed E-state index contributed by atoms with van der Waals surface area (Å²) in [7, 11) is 0. The van der Waals surface area contributed by atoms with Gasteiger partial charge in [0.05, 0.1) is 6.10 Å². The molecule has 0 radical (unpaired) electrons. The van der Waals surface area contributed by atoms with Crippen molar-refractivity contribution in [3.05, 3.63) is 35.9 Å². The Hall–Kier alpha value is -1.35. The highest BCUT2D eigenvalue weighted by Crippen LogP contribution is 2.47. The standard InChI is InChI=1S/C15H21NO2/c1-2-6-12(17)10-16-15(18)14-9-13(14)11-7-4-3-5-8-11/h3-5,7-8,12-14,17H,2,6,9-10H2,1H3,(H,16,18). The highest BCUT2D eigenvalue weighted by molar-refractivity contribution is 5.82. The van der Waals surface area contributed by atoms with E-state index < -0.39 is 6.10 Å². The van der Waals surface area contributed by atoms with Crippen LogP contribution in [0.4, 0.5) is 0 Å². The minimum atomic E-state index is -0.409. The van der Waals surface area contributed by atoms with Crippen molar-refractivity contribution in [2.45, 2.75) is 38.2 Å². The van der Waals surface area contributed by atoms with E-state index in [9.17, 15) is 9.90 Å². The predicted molar refractivity (Wildman–Crippen MR) is 71.2 cm³/mol. The lowest BCUT2D eigenvalue weighted by Crippen LogP contribution is -2.33. The molecule has 3 atom stereocenters. The first-order chi connectivity index (χ1) is 8.72. The lowest BCUT2D eigenvalue weighted by atomic mass is 10.1. The summed E-state index contributed by atoms with van der Waals surface area (Å²) in [6.45, 7) is 2.40. The quantitative estimate of drug-likeness (QED) is 0.808. The first-order valence-electron chi connectivity index (χ1n) is 6.73. The first kappa shape index (κ1) is 13.1. The van der Waals surface area contributed by atoms with Crippen molar-refractivity contribution in [3.63, 3.8) is 0 Å². The Bertz CT molecular complexity index is 391. The van der Waals surface area contributed by atoms with Crippen LogP contribution in [0.3, 0.4) is 0 Å². The van der Waals surface area contributed by atoms with Crippen LogP contribution in [0, 0.1) is 5.92 Å². The van der Waals surface area contributed by atoms with E-state index in [1.165, 1.54) is 5.56 Å². The average Bonchev–Trinajstić information content (AvgIpc) is 3.18. The third kappa shape index (κ3) is 3.33. The Balaban J connectivity index is 1.76. The summed E-state index contributed by atoms with van der Waals surface area (Å²) in [5.74, 6) is 0.551. The zero-order valence-corrected chi connectivity index (χ0v) is 10.8. The van der Waals surface area contributed by atoms with Gasteiger partial charge in [0.2, 0.25) is 5.91 Å². The summed E-state index contributed by atoms with van der Waals surface area (Å²) in [4.78, 5) is 11.9. The van der Waals surface area contributed by atoms with Crippen LogP contribution >= 0.6 is 0 Å². The maximum absolute atomic E-state index is 11.9. The molecule has 0 heterocycles. The van der Waals surface area contributed by atoms with Crippen LogP contribution in [0.2, 0.25) is 0 Å². The van der Waals surface area contributed by atoms with E-state index in [1.807, 2.05) is 25.1 Å². The van der Waals surface area contributed by atoms with Crippen molar-refractivity contribution >= 4 is 5.91 Å². The van der Waals surface area contributed by atoms with Crippen molar-refractivity contribution in [2.75, 3.05) is 6.54 Å². The number of benzene rings is 1. The fourth-order valence-electron chi connectivity index (χ4n) is 2.34. The second kappa shape index (κ2) is 6.01. The minimum absolute atomic E-state index is 0.0824. The normalized spacial score (nSPS) is 23.4. The average molecular weight is 247 g/mol. The van der Waals surface area contributed by atoms with Gasteiger partial charge in [0, 0.05) is 12.5 Å². The molecule has 1 aliphatic rings. The molecule has 2 rings (SSSR count). The van der Waals surface area contributed by atoms with E-state index in [0.717, 1.165) is 19.3 Å². The summed E-state index contributed by atoms with van der Waals surface area (Å²) in [5, 5.41) is 12.4. The van der Waals surface area contributed by atoms with Crippen molar-refractivity contribution < 1.29 is 9.90 Å². The molecule has 1 aromatic carbocycles. The summed E-state index contributed by atoms with van der Waals surface area (Å²) < 4.78 is 0. The van der Waals surface area contributed by atoms with Gasteiger partial charge in [0.15, 0.2) is 0 Å². The Morgan fingerprint density at radius 3 is 2.83 bits per heavy atom. The predicted octanol–water partition coefficient (Wildman–Crippen LogP) is 2.07.